The summed E-state index contributed by atoms with van der Waals surface area (Å²) in [7, 11) is 1.40. The summed E-state index contributed by atoms with van der Waals surface area (Å²) in [5.41, 5.74) is -0.780. The van der Waals surface area contributed by atoms with E-state index in [4.69, 9.17) is 16.3 Å². The summed E-state index contributed by atoms with van der Waals surface area (Å²) in [6, 6.07) is 7.51. The van der Waals surface area contributed by atoms with Gasteiger partial charge >= 0.3 is 6.18 Å². The molecule has 0 saturated heterocycles. The maximum absolute atomic E-state index is 14.2. The molecule has 2 aromatic carbocycles. The number of thiophene rings is 1. The summed E-state index contributed by atoms with van der Waals surface area (Å²) >= 11 is 6.62. The number of fused-ring (bicyclic) bond motifs is 1. The number of hydrogen-bond acceptors (Lipinski definition) is 3. The Hall–Kier alpha value is -2.16. The van der Waals surface area contributed by atoms with Gasteiger partial charge in [-0.3, -0.25) is 4.79 Å². The van der Waals surface area contributed by atoms with Gasteiger partial charge in [0.15, 0.2) is 0 Å². The quantitative estimate of drug-likeness (QED) is 0.520. The van der Waals surface area contributed by atoms with Gasteiger partial charge in [-0.25, -0.2) is 4.39 Å². The smallest absolute Gasteiger partial charge is 0.380 e. The third-order valence-electron chi connectivity index (χ3n) is 3.79. The lowest BCUT2D eigenvalue weighted by molar-refractivity contribution is -0.137. The van der Waals surface area contributed by atoms with Crippen LogP contribution in [-0.4, -0.2) is 13.0 Å². The van der Waals surface area contributed by atoms with Gasteiger partial charge in [-0.15, -0.1) is 11.3 Å². The van der Waals surface area contributed by atoms with Crippen LogP contribution in [0.2, 0.25) is 5.02 Å². The van der Waals surface area contributed by atoms with Crippen molar-refractivity contribution in [3.05, 3.63) is 63.2 Å². The van der Waals surface area contributed by atoms with Crippen molar-refractivity contribution in [3.8, 4) is 0 Å². The van der Waals surface area contributed by atoms with E-state index in [9.17, 15) is 22.4 Å². The number of rotatable bonds is 4. The number of alkyl halides is 3. The Kier molecular flexibility index (Phi) is 5.41. The molecule has 27 heavy (non-hydrogen) atoms. The molecule has 0 radical (unpaired) electrons. The highest BCUT2D eigenvalue weighted by atomic mass is 35.5. The number of methoxy groups -OCH3 is 1. The highest BCUT2D eigenvalue weighted by molar-refractivity contribution is 7.21. The highest BCUT2D eigenvalue weighted by Crippen LogP contribution is 2.37. The zero-order valence-corrected chi connectivity index (χ0v) is 15.4. The molecule has 0 aliphatic carbocycles. The van der Waals surface area contributed by atoms with Crippen LogP contribution >= 0.6 is 22.9 Å². The van der Waals surface area contributed by atoms with Crippen LogP contribution in [0.5, 0.6) is 0 Å². The van der Waals surface area contributed by atoms with Gasteiger partial charge in [0.1, 0.15) is 5.82 Å². The molecule has 9 heteroatoms. The lowest BCUT2D eigenvalue weighted by Crippen LogP contribution is -2.14. The average Bonchev–Trinajstić information content (AvgIpc) is 2.96. The first-order valence-corrected chi connectivity index (χ1v) is 8.78. The first kappa shape index (κ1) is 19.6. The van der Waals surface area contributed by atoms with Crippen LogP contribution in [0, 0.1) is 5.82 Å². The van der Waals surface area contributed by atoms with E-state index < -0.39 is 28.5 Å². The molecule has 142 valence electrons. The lowest BCUT2D eigenvalue weighted by atomic mass is 10.1. The van der Waals surface area contributed by atoms with Crippen LogP contribution in [0.3, 0.4) is 0 Å². The van der Waals surface area contributed by atoms with Gasteiger partial charge in [0.05, 0.1) is 22.1 Å². The predicted molar refractivity (Wildman–Crippen MR) is 96.9 cm³/mol. The van der Waals surface area contributed by atoms with Crippen molar-refractivity contribution in [1.29, 1.82) is 0 Å². The minimum absolute atomic E-state index is 0.0158. The summed E-state index contributed by atoms with van der Waals surface area (Å²) in [5.74, 6) is -1.15. The Morgan fingerprint density at radius 1 is 1.26 bits per heavy atom. The fraction of sp³-hybridized carbons (Fsp3) is 0.167. The van der Waals surface area contributed by atoms with Gasteiger partial charge in [0.2, 0.25) is 0 Å². The molecule has 0 unspecified atom stereocenters. The molecule has 3 aromatic rings. The van der Waals surface area contributed by atoms with E-state index in [1.807, 2.05) is 0 Å². The molecule has 0 atom stereocenters. The molecule has 0 aliphatic rings. The van der Waals surface area contributed by atoms with Gasteiger partial charge in [0, 0.05) is 28.4 Å². The number of benzene rings is 2. The summed E-state index contributed by atoms with van der Waals surface area (Å²) in [5, 5.41) is 2.21. The third kappa shape index (κ3) is 3.92. The summed E-state index contributed by atoms with van der Waals surface area (Å²) in [4.78, 5) is 12.8. The Labute approximate surface area is 160 Å². The Morgan fingerprint density at radius 3 is 2.67 bits per heavy atom. The van der Waals surface area contributed by atoms with E-state index >= 15 is 0 Å². The SMILES string of the molecule is COCc1c(C(=O)Nc2ccc(Cl)c(C(F)(F)F)c2)sc2cccc(F)c12. The number of amides is 1. The zero-order chi connectivity index (χ0) is 19.8. The summed E-state index contributed by atoms with van der Waals surface area (Å²) in [6.45, 7) is -0.0158. The van der Waals surface area contributed by atoms with E-state index in [0.29, 0.717) is 10.3 Å². The Bertz CT molecular complexity index is 1020. The standard InChI is InChI=1S/C18H12ClF4NO2S/c1-26-8-10-15-13(20)3-2-4-14(15)27-16(10)17(25)24-9-5-6-12(19)11(7-9)18(21,22)23/h2-7H,8H2,1H3,(H,24,25). The molecular formula is C18H12ClF4NO2S. The molecule has 0 spiro atoms. The van der Waals surface area contributed by atoms with E-state index in [2.05, 4.69) is 5.32 Å². The van der Waals surface area contributed by atoms with Gasteiger partial charge in [0.25, 0.3) is 5.91 Å². The van der Waals surface area contributed by atoms with Gasteiger partial charge < -0.3 is 10.1 Å². The summed E-state index contributed by atoms with van der Waals surface area (Å²) < 4.78 is 58.7. The van der Waals surface area contributed by atoms with E-state index in [-0.39, 0.29) is 22.6 Å². The zero-order valence-electron chi connectivity index (χ0n) is 13.8. The largest absolute Gasteiger partial charge is 0.417 e. The minimum atomic E-state index is -4.65. The van der Waals surface area contributed by atoms with Crippen molar-refractivity contribution in [1.82, 2.24) is 0 Å². The van der Waals surface area contributed by atoms with E-state index in [0.717, 1.165) is 23.5 Å². The van der Waals surface area contributed by atoms with Crippen molar-refractivity contribution >= 4 is 44.6 Å². The van der Waals surface area contributed by atoms with Crippen molar-refractivity contribution < 1.29 is 27.1 Å². The highest BCUT2D eigenvalue weighted by Gasteiger charge is 2.33. The Balaban J connectivity index is 2.00. The van der Waals surface area contributed by atoms with Crippen molar-refractivity contribution in [3.63, 3.8) is 0 Å². The second-order valence-electron chi connectivity index (χ2n) is 5.60. The molecule has 1 aromatic heterocycles. The molecule has 0 aliphatic heterocycles. The van der Waals surface area contributed by atoms with Crippen LogP contribution in [0.1, 0.15) is 20.8 Å². The van der Waals surface area contributed by atoms with E-state index in [1.54, 1.807) is 6.07 Å². The first-order chi connectivity index (χ1) is 12.7. The molecule has 1 N–H and O–H groups in total. The second kappa shape index (κ2) is 7.46. The molecular weight excluding hydrogens is 406 g/mol. The molecule has 3 rings (SSSR count). The van der Waals surface area contributed by atoms with Gasteiger partial charge in [-0.1, -0.05) is 17.7 Å². The van der Waals surface area contributed by atoms with Crippen LogP contribution < -0.4 is 5.32 Å². The van der Waals surface area contributed by atoms with Crippen LogP contribution in [0.15, 0.2) is 36.4 Å². The molecule has 1 heterocycles. The molecule has 0 fully saturated rings. The molecule has 0 bridgehead atoms. The van der Waals surface area contributed by atoms with E-state index in [1.165, 1.54) is 25.3 Å². The number of nitrogens with one attached hydrogen (secondary N) is 1. The van der Waals surface area contributed by atoms with Crippen LogP contribution in [-0.2, 0) is 17.5 Å². The lowest BCUT2D eigenvalue weighted by Gasteiger charge is -2.12. The Morgan fingerprint density at radius 2 is 2.00 bits per heavy atom. The third-order valence-corrected chi connectivity index (χ3v) is 5.31. The number of anilines is 1. The predicted octanol–water partition coefficient (Wildman–Crippen LogP) is 6.11. The molecule has 1 amide bonds. The normalized spacial score (nSPS) is 11.8. The van der Waals surface area contributed by atoms with Gasteiger partial charge in [-0.2, -0.15) is 13.2 Å². The number of ether oxygens (including phenoxy) is 1. The second-order valence-corrected chi connectivity index (χ2v) is 7.06. The molecule has 0 saturated carbocycles. The number of halogens is 5. The maximum atomic E-state index is 14.2. The van der Waals surface area contributed by atoms with Crippen LogP contribution in [0.25, 0.3) is 10.1 Å². The first-order valence-electron chi connectivity index (χ1n) is 7.59. The topological polar surface area (TPSA) is 38.3 Å². The molecule has 3 nitrogen and oxygen atoms in total. The fourth-order valence-electron chi connectivity index (χ4n) is 2.64. The van der Waals surface area contributed by atoms with Crippen molar-refractivity contribution in [2.24, 2.45) is 0 Å². The van der Waals surface area contributed by atoms with Gasteiger partial charge in [-0.05, 0) is 30.3 Å². The number of hydrogen-bond donors (Lipinski definition) is 1. The average molecular weight is 418 g/mol. The maximum Gasteiger partial charge on any atom is 0.417 e. The van der Waals surface area contributed by atoms with Crippen molar-refractivity contribution in [2.75, 3.05) is 12.4 Å². The van der Waals surface area contributed by atoms with Crippen molar-refractivity contribution in [2.45, 2.75) is 12.8 Å². The van der Waals surface area contributed by atoms with Crippen LogP contribution in [0.4, 0.5) is 23.2 Å². The fourth-order valence-corrected chi connectivity index (χ4v) is 3.98. The minimum Gasteiger partial charge on any atom is -0.380 e. The number of carbonyl (C=O) groups excluding carboxylic acids is 1. The summed E-state index contributed by atoms with van der Waals surface area (Å²) in [6.07, 6.45) is -4.65. The number of carbonyl (C=O) groups is 1. The monoisotopic (exact) mass is 417 g/mol.